The lowest BCUT2D eigenvalue weighted by Crippen LogP contribution is -2.16. The van der Waals surface area contributed by atoms with Gasteiger partial charge < -0.3 is 11.1 Å². The number of nitrogens with one attached hydrogen (secondary N) is 2. The van der Waals surface area contributed by atoms with Gasteiger partial charge >= 0.3 is 0 Å². The van der Waals surface area contributed by atoms with Crippen LogP contribution in [0, 0.1) is 0 Å². The minimum atomic E-state index is -0.0969. The predicted molar refractivity (Wildman–Crippen MR) is 56.2 cm³/mol. The molecule has 2 aromatic rings. The highest BCUT2D eigenvalue weighted by Crippen LogP contribution is 2.14. The third-order valence-corrected chi connectivity index (χ3v) is 1.97. The molecule has 1 aromatic heterocycles. The van der Waals surface area contributed by atoms with Gasteiger partial charge in [0.25, 0.3) is 0 Å². The molecular formula is C9H11N5O. The maximum absolute atomic E-state index is 11.3. The van der Waals surface area contributed by atoms with Crippen LogP contribution in [-0.4, -0.2) is 27.9 Å². The molecule has 2 rings (SSSR count). The molecule has 1 aromatic carbocycles. The molecule has 78 valence electrons. The number of carbonyl (C=O) groups is 1. The zero-order valence-corrected chi connectivity index (χ0v) is 8.03. The first-order valence-corrected chi connectivity index (χ1v) is 4.60. The molecule has 1 heterocycles. The Morgan fingerprint density at radius 1 is 1.40 bits per heavy atom. The summed E-state index contributed by atoms with van der Waals surface area (Å²) in [4.78, 5) is 11.3. The maximum Gasteiger partial charge on any atom is 0.225 e. The summed E-state index contributed by atoms with van der Waals surface area (Å²) in [5, 5.41) is 13.1. The van der Waals surface area contributed by atoms with Crippen molar-refractivity contribution in [1.82, 2.24) is 15.4 Å². The summed E-state index contributed by atoms with van der Waals surface area (Å²) in [6, 6.07) is 5.32. The van der Waals surface area contributed by atoms with Gasteiger partial charge in [0.2, 0.25) is 5.91 Å². The minimum absolute atomic E-state index is 0.0969. The van der Waals surface area contributed by atoms with Crippen molar-refractivity contribution >= 4 is 22.6 Å². The smallest absolute Gasteiger partial charge is 0.225 e. The topological polar surface area (TPSA) is 96.7 Å². The Kier molecular flexibility index (Phi) is 2.59. The number of aromatic nitrogens is 3. The number of rotatable bonds is 3. The number of H-pyrrole nitrogens is 1. The van der Waals surface area contributed by atoms with Crippen molar-refractivity contribution in [3.05, 3.63) is 18.2 Å². The van der Waals surface area contributed by atoms with Crippen molar-refractivity contribution in [3.63, 3.8) is 0 Å². The Morgan fingerprint density at radius 3 is 3.00 bits per heavy atom. The zero-order valence-electron chi connectivity index (χ0n) is 8.03. The van der Waals surface area contributed by atoms with Crippen molar-refractivity contribution in [2.24, 2.45) is 5.73 Å². The second kappa shape index (κ2) is 4.05. The third kappa shape index (κ3) is 2.10. The SMILES string of the molecule is NCCC(=O)Nc1ccc2n[nH]nc2c1. The number of anilines is 1. The molecule has 0 fully saturated rings. The molecule has 0 aliphatic rings. The molecule has 0 saturated carbocycles. The van der Waals surface area contributed by atoms with Crippen LogP contribution in [0.2, 0.25) is 0 Å². The average molecular weight is 205 g/mol. The van der Waals surface area contributed by atoms with Gasteiger partial charge in [-0.3, -0.25) is 4.79 Å². The predicted octanol–water partition coefficient (Wildman–Crippen LogP) is 0.245. The van der Waals surface area contributed by atoms with Crippen LogP contribution in [0.4, 0.5) is 5.69 Å². The van der Waals surface area contributed by atoms with E-state index in [-0.39, 0.29) is 5.91 Å². The summed E-state index contributed by atoms with van der Waals surface area (Å²) in [5.41, 5.74) is 7.47. The summed E-state index contributed by atoms with van der Waals surface area (Å²) in [5.74, 6) is -0.0969. The van der Waals surface area contributed by atoms with Crippen molar-refractivity contribution in [1.29, 1.82) is 0 Å². The molecule has 15 heavy (non-hydrogen) atoms. The number of benzene rings is 1. The highest BCUT2D eigenvalue weighted by Gasteiger charge is 2.03. The number of carbonyl (C=O) groups excluding carboxylic acids is 1. The standard InChI is InChI=1S/C9H11N5O/c10-4-3-9(15)11-6-1-2-7-8(5-6)13-14-12-7/h1-2,5H,3-4,10H2,(H,11,15)(H,12,13,14). The lowest BCUT2D eigenvalue weighted by Gasteiger charge is -2.02. The fraction of sp³-hybridized carbons (Fsp3) is 0.222. The summed E-state index contributed by atoms with van der Waals surface area (Å²) in [6.07, 6.45) is 0.316. The quantitative estimate of drug-likeness (QED) is 0.668. The maximum atomic E-state index is 11.3. The number of fused-ring (bicyclic) bond motifs is 1. The number of nitrogens with two attached hydrogens (primary N) is 1. The van der Waals surface area contributed by atoms with Crippen molar-refractivity contribution < 1.29 is 4.79 Å². The van der Waals surface area contributed by atoms with Gasteiger partial charge in [-0.05, 0) is 18.2 Å². The fourth-order valence-electron chi connectivity index (χ4n) is 1.27. The number of hydrogen-bond acceptors (Lipinski definition) is 4. The van der Waals surface area contributed by atoms with Gasteiger partial charge in [0.1, 0.15) is 11.0 Å². The van der Waals surface area contributed by atoms with Crippen LogP contribution < -0.4 is 11.1 Å². The van der Waals surface area contributed by atoms with E-state index >= 15 is 0 Å². The summed E-state index contributed by atoms with van der Waals surface area (Å²) < 4.78 is 0. The second-order valence-corrected chi connectivity index (χ2v) is 3.11. The Labute approximate surface area is 85.8 Å². The molecule has 4 N–H and O–H groups in total. The van der Waals surface area contributed by atoms with E-state index < -0.39 is 0 Å². The summed E-state index contributed by atoms with van der Waals surface area (Å²) in [6.45, 7) is 0.345. The number of nitrogens with zero attached hydrogens (tertiary/aromatic N) is 2. The van der Waals surface area contributed by atoms with Crippen molar-refractivity contribution in [2.45, 2.75) is 6.42 Å². The molecule has 0 atom stereocenters. The molecule has 1 amide bonds. The van der Waals surface area contributed by atoms with E-state index in [9.17, 15) is 4.79 Å². The first-order valence-electron chi connectivity index (χ1n) is 4.60. The van der Waals surface area contributed by atoms with Crippen LogP contribution in [0.25, 0.3) is 11.0 Å². The molecule has 0 radical (unpaired) electrons. The largest absolute Gasteiger partial charge is 0.330 e. The summed E-state index contributed by atoms with van der Waals surface area (Å²) in [7, 11) is 0. The van der Waals surface area contributed by atoms with Crippen LogP contribution in [0.3, 0.4) is 0 Å². The Hall–Kier alpha value is -1.95. The number of aromatic amines is 1. The first kappa shape index (κ1) is 9.60. The van der Waals surface area contributed by atoms with Crippen LogP contribution in [0.5, 0.6) is 0 Å². The third-order valence-electron chi connectivity index (χ3n) is 1.97. The minimum Gasteiger partial charge on any atom is -0.330 e. The van der Waals surface area contributed by atoms with Crippen LogP contribution in [0.15, 0.2) is 18.2 Å². The van der Waals surface area contributed by atoms with E-state index in [1.54, 1.807) is 18.2 Å². The lowest BCUT2D eigenvalue weighted by atomic mass is 10.2. The molecule has 0 aliphatic heterocycles. The van der Waals surface area contributed by atoms with Gasteiger partial charge in [0.05, 0.1) is 0 Å². The first-order chi connectivity index (χ1) is 7.29. The molecule has 0 aliphatic carbocycles. The van der Waals surface area contributed by atoms with Gasteiger partial charge in [0, 0.05) is 18.7 Å². The molecule has 0 saturated heterocycles. The summed E-state index contributed by atoms with van der Waals surface area (Å²) >= 11 is 0. The van der Waals surface area contributed by atoms with Gasteiger partial charge in [0.15, 0.2) is 0 Å². The van der Waals surface area contributed by atoms with Crippen molar-refractivity contribution in [3.8, 4) is 0 Å². The average Bonchev–Trinajstić information content (AvgIpc) is 2.65. The Bertz CT molecular complexity index is 478. The monoisotopic (exact) mass is 205 g/mol. The number of amides is 1. The molecule has 0 bridgehead atoms. The van der Waals surface area contributed by atoms with Crippen molar-refractivity contribution in [2.75, 3.05) is 11.9 Å². The van der Waals surface area contributed by atoms with Gasteiger partial charge in [-0.1, -0.05) is 0 Å². The van der Waals surface area contributed by atoms with E-state index in [4.69, 9.17) is 5.73 Å². The van der Waals surface area contributed by atoms with Crippen LogP contribution in [-0.2, 0) is 4.79 Å². The van der Waals surface area contributed by atoms with E-state index in [0.29, 0.717) is 18.7 Å². The molecular weight excluding hydrogens is 194 g/mol. The molecule has 6 nitrogen and oxygen atoms in total. The van der Waals surface area contributed by atoms with E-state index in [2.05, 4.69) is 20.7 Å². The second-order valence-electron chi connectivity index (χ2n) is 3.11. The zero-order chi connectivity index (χ0) is 10.7. The van der Waals surface area contributed by atoms with Gasteiger partial charge in [-0.25, -0.2) is 0 Å². The normalized spacial score (nSPS) is 10.5. The van der Waals surface area contributed by atoms with E-state index in [0.717, 1.165) is 11.0 Å². The molecule has 6 heteroatoms. The lowest BCUT2D eigenvalue weighted by molar-refractivity contribution is -0.116. The van der Waals surface area contributed by atoms with Gasteiger partial charge in [-0.15, -0.1) is 0 Å². The number of hydrogen-bond donors (Lipinski definition) is 3. The van der Waals surface area contributed by atoms with E-state index in [1.165, 1.54) is 0 Å². The highest BCUT2D eigenvalue weighted by molar-refractivity contribution is 5.92. The van der Waals surface area contributed by atoms with Gasteiger partial charge in [-0.2, -0.15) is 15.4 Å². The molecule has 0 spiro atoms. The highest BCUT2D eigenvalue weighted by atomic mass is 16.1. The Balaban J connectivity index is 2.17. The Morgan fingerprint density at radius 2 is 2.20 bits per heavy atom. The molecule has 0 unspecified atom stereocenters. The fourth-order valence-corrected chi connectivity index (χ4v) is 1.27. The van der Waals surface area contributed by atoms with Crippen LogP contribution in [0.1, 0.15) is 6.42 Å². The van der Waals surface area contributed by atoms with E-state index in [1.807, 2.05) is 0 Å². The van der Waals surface area contributed by atoms with Crippen LogP contribution >= 0.6 is 0 Å².